The molecule has 0 atom stereocenters. The number of nitrogens with one attached hydrogen (secondary N) is 1. The molecule has 84 valence electrons. The summed E-state index contributed by atoms with van der Waals surface area (Å²) in [6, 6.07) is 0. The second kappa shape index (κ2) is 5.32. The summed E-state index contributed by atoms with van der Waals surface area (Å²) in [6.45, 7) is 10.3. The molecule has 0 aromatic rings. The van der Waals surface area contributed by atoms with E-state index in [0.29, 0.717) is 13.1 Å². The van der Waals surface area contributed by atoms with Gasteiger partial charge in [0.1, 0.15) is 5.60 Å². The van der Waals surface area contributed by atoms with Crippen molar-refractivity contribution in [3.05, 3.63) is 0 Å². The van der Waals surface area contributed by atoms with Crippen LogP contribution >= 0.6 is 0 Å². The molecule has 1 rings (SSSR count). The fourth-order valence-electron chi connectivity index (χ4n) is 0.808. The average Bonchev–Trinajstić information content (AvgIpc) is 1.99. The Bertz CT molecular complexity index is 165. The molecule has 1 aliphatic heterocycles. The summed E-state index contributed by atoms with van der Waals surface area (Å²) in [5.74, 6) is 0. The van der Waals surface area contributed by atoms with Crippen LogP contribution < -0.4 is 5.32 Å². The molecule has 0 saturated carbocycles. The molecule has 4 heteroatoms. The van der Waals surface area contributed by atoms with Gasteiger partial charge in [-0.25, -0.2) is 0 Å². The Kier molecular flexibility index (Phi) is 5.08. The quantitative estimate of drug-likeness (QED) is 0.643. The smallest absolute Gasteiger partial charge is 0.293 e. The van der Waals surface area contributed by atoms with E-state index in [0.717, 1.165) is 13.1 Å². The highest BCUT2D eigenvalue weighted by Gasteiger charge is 2.29. The van der Waals surface area contributed by atoms with Gasteiger partial charge in [0, 0.05) is 18.5 Å². The summed E-state index contributed by atoms with van der Waals surface area (Å²) in [5.41, 5.74) is -0.109. The van der Waals surface area contributed by atoms with Gasteiger partial charge in [0.2, 0.25) is 0 Å². The van der Waals surface area contributed by atoms with Crippen LogP contribution in [0.5, 0.6) is 0 Å². The summed E-state index contributed by atoms with van der Waals surface area (Å²) < 4.78 is 4.55. The molecule has 0 unspecified atom stereocenters. The average molecular weight is 203 g/mol. The van der Waals surface area contributed by atoms with Crippen molar-refractivity contribution >= 4 is 6.47 Å². The number of rotatable bonds is 2. The predicted octanol–water partition coefficient (Wildman–Crippen LogP) is 0.546. The molecule has 4 nitrogen and oxygen atoms in total. The number of hydrogen-bond donors (Lipinski definition) is 2. The van der Waals surface area contributed by atoms with Crippen molar-refractivity contribution in [1.29, 1.82) is 0 Å². The Morgan fingerprint density at radius 1 is 1.50 bits per heavy atom. The topological polar surface area (TPSA) is 58.6 Å². The Hall–Kier alpha value is -0.610. The van der Waals surface area contributed by atoms with Crippen molar-refractivity contribution in [2.75, 3.05) is 19.7 Å². The number of aliphatic hydroxyl groups is 1. The van der Waals surface area contributed by atoms with E-state index < -0.39 is 0 Å². The van der Waals surface area contributed by atoms with Crippen molar-refractivity contribution < 1.29 is 14.6 Å². The van der Waals surface area contributed by atoms with E-state index in [1.165, 1.54) is 0 Å². The van der Waals surface area contributed by atoms with Gasteiger partial charge in [0.25, 0.3) is 6.47 Å². The first kappa shape index (κ1) is 13.4. The van der Waals surface area contributed by atoms with Gasteiger partial charge in [-0.3, -0.25) is 4.79 Å². The normalized spacial score (nSPS) is 18.6. The highest BCUT2D eigenvalue weighted by Crippen LogP contribution is 2.18. The summed E-state index contributed by atoms with van der Waals surface area (Å²) in [4.78, 5) is 9.60. The number of ether oxygens (including phenoxy) is 1. The zero-order valence-electron chi connectivity index (χ0n) is 9.46. The Morgan fingerprint density at radius 2 is 2.00 bits per heavy atom. The van der Waals surface area contributed by atoms with Crippen LogP contribution in [-0.2, 0) is 9.53 Å². The second-order valence-electron chi connectivity index (χ2n) is 4.90. The molecule has 14 heavy (non-hydrogen) atoms. The first-order chi connectivity index (χ1) is 6.33. The summed E-state index contributed by atoms with van der Waals surface area (Å²) in [5, 5.41) is 11.7. The molecule has 0 amide bonds. The lowest BCUT2D eigenvalue weighted by Gasteiger charge is -2.37. The number of carbonyl (C=O) groups excluding carboxylic acids is 1. The standard InChI is InChI=1S/C5H11NO.C5H10O2/c1-5(4-7)2-6-3-5;1-5(2,3)7-4-6/h6-7H,2-4H2,1H3;4H,1-3H3. The Labute approximate surface area is 85.6 Å². The van der Waals surface area contributed by atoms with Gasteiger partial charge in [-0.2, -0.15) is 0 Å². The van der Waals surface area contributed by atoms with E-state index >= 15 is 0 Å². The van der Waals surface area contributed by atoms with Gasteiger partial charge < -0.3 is 15.2 Å². The molecule has 0 radical (unpaired) electrons. The van der Waals surface area contributed by atoms with Crippen molar-refractivity contribution in [3.8, 4) is 0 Å². The summed E-state index contributed by atoms with van der Waals surface area (Å²) in [7, 11) is 0. The van der Waals surface area contributed by atoms with Gasteiger partial charge in [0.15, 0.2) is 0 Å². The zero-order valence-corrected chi connectivity index (χ0v) is 9.46. The van der Waals surface area contributed by atoms with Gasteiger partial charge >= 0.3 is 0 Å². The van der Waals surface area contributed by atoms with Crippen molar-refractivity contribution in [2.24, 2.45) is 5.41 Å². The van der Waals surface area contributed by atoms with Crippen LogP contribution in [0.1, 0.15) is 27.7 Å². The molecule has 0 aromatic carbocycles. The minimum absolute atomic E-state index is 0.208. The second-order valence-corrected chi connectivity index (χ2v) is 4.90. The first-order valence-corrected chi connectivity index (χ1v) is 4.76. The van der Waals surface area contributed by atoms with Gasteiger partial charge in [-0.15, -0.1) is 0 Å². The fraction of sp³-hybridized carbons (Fsp3) is 0.900. The highest BCUT2D eigenvalue weighted by atomic mass is 16.5. The zero-order chi connectivity index (χ0) is 11.2. The lowest BCUT2D eigenvalue weighted by Crippen LogP contribution is -2.53. The largest absolute Gasteiger partial charge is 0.462 e. The molecule has 1 saturated heterocycles. The van der Waals surface area contributed by atoms with Crippen molar-refractivity contribution in [3.63, 3.8) is 0 Å². The minimum atomic E-state index is -0.318. The minimum Gasteiger partial charge on any atom is -0.462 e. The number of carbonyl (C=O) groups is 1. The third-order valence-corrected chi connectivity index (χ3v) is 1.89. The molecule has 0 aromatic heterocycles. The molecule has 0 spiro atoms. The molecule has 0 aliphatic carbocycles. The SMILES string of the molecule is CC(C)(C)OC=O.CC1(CO)CNC1. The van der Waals surface area contributed by atoms with Crippen LogP contribution in [0.3, 0.4) is 0 Å². The maximum atomic E-state index is 9.60. The van der Waals surface area contributed by atoms with Crippen LogP contribution in [0.4, 0.5) is 0 Å². The predicted molar refractivity (Wildman–Crippen MR) is 55.0 cm³/mol. The van der Waals surface area contributed by atoms with Crippen LogP contribution in [0, 0.1) is 5.41 Å². The van der Waals surface area contributed by atoms with E-state index in [1.807, 2.05) is 20.8 Å². The Balaban J connectivity index is 0.000000241. The van der Waals surface area contributed by atoms with Gasteiger partial charge in [-0.05, 0) is 20.8 Å². The molecule has 2 N–H and O–H groups in total. The number of aliphatic hydroxyl groups excluding tert-OH is 1. The van der Waals surface area contributed by atoms with Crippen LogP contribution in [0.2, 0.25) is 0 Å². The maximum Gasteiger partial charge on any atom is 0.293 e. The fourth-order valence-corrected chi connectivity index (χ4v) is 0.808. The molecule has 1 aliphatic rings. The van der Waals surface area contributed by atoms with E-state index in [2.05, 4.69) is 17.0 Å². The molecular weight excluding hydrogens is 182 g/mol. The van der Waals surface area contributed by atoms with Crippen LogP contribution in [-0.4, -0.2) is 36.9 Å². The summed E-state index contributed by atoms with van der Waals surface area (Å²) >= 11 is 0. The van der Waals surface area contributed by atoms with E-state index in [1.54, 1.807) is 0 Å². The maximum absolute atomic E-state index is 9.60. The van der Waals surface area contributed by atoms with Crippen LogP contribution in [0.25, 0.3) is 0 Å². The monoisotopic (exact) mass is 203 g/mol. The lowest BCUT2D eigenvalue weighted by atomic mass is 9.85. The van der Waals surface area contributed by atoms with Crippen molar-refractivity contribution in [2.45, 2.75) is 33.3 Å². The Morgan fingerprint density at radius 3 is 2.00 bits per heavy atom. The van der Waals surface area contributed by atoms with Crippen LogP contribution in [0.15, 0.2) is 0 Å². The first-order valence-electron chi connectivity index (χ1n) is 4.76. The molecular formula is C10H21NO3. The highest BCUT2D eigenvalue weighted by molar-refractivity contribution is 5.37. The van der Waals surface area contributed by atoms with E-state index in [9.17, 15) is 4.79 Å². The van der Waals surface area contributed by atoms with Crippen molar-refractivity contribution in [1.82, 2.24) is 5.32 Å². The van der Waals surface area contributed by atoms with Gasteiger partial charge in [0.05, 0.1) is 6.61 Å². The van der Waals surface area contributed by atoms with E-state index in [-0.39, 0.29) is 11.0 Å². The lowest BCUT2D eigenvalue weighted by molar-refractivity contribution is -0.138. The third kappa shape index (κ3) is 5.94. The van der Waals surface area contributed by atoms with Gasteiger partial charge in [-0.1, -0.05) is 6.92 Å². The molecule has 1 heterocycles. The number of hydrogen-bond acceptors (Lipinski definition) is 4. The molecule has 1 fully saturated rings. The molecule has 0 bridgehead atoms. The van der Waals surface area contributed by atoms with E-state index in [4.69, 9.17) is 5.11 Å². The third-order valence-electron chi connectivity index (χ3n) is 1.89. The summed E-state index contributed by atoms with van der Waals surface area (Å²) in [6.07, 6.45) is 0.